The summed E-state index contributed by atoms with van der Waals surface area (Å²) in [5, 5.41) is 13.1. The average molecular weight is 263 g/mol. The summed E-state index contributed by atoms with van der Waals surface area (Å²) in [4.78, 5) is 0. The van der Waals surface area contributed by atoms with Crippen molar-refractivity contribution in [3.63, 3.8) is 0 Å². The van der Waals surface area contributed by atoms with Crippen LogP contribution in [0.5, 0.6) is 5.75 Å². The summed E-state index contributed by atoms with van der Waals surface area (Å²) >= 11 is 0. The lowest BCUT2D eigenvalue weighted by molar-refractivity contribution is 0.188. The van der Waals surface area contributed by atoms with Gasteiger partial charge in [0.15, 0.2) is 0 Å². The number of aliphatic hydroxyl groups excluding tert-OH is 1. The van der Waals surface area contributed by atoms with Crippen molar-refractivity contribution >= 4 is 5.69 Å². The molecule has 1 aromatic carbocycles. The fourth-order valence-corrected chi connectivity index (χ4v) is 3.09. The van der Waals surface area contributed by atoms with Crippen molar-refractivity contribution in [1.29, 1.82) is 0 Å². The van der Waals surface area contributed by atoms with Crippen molar-refractivity contribution in [3.05, 3.63) is 24.3 Å². The first kappa shape index (κ1) is 14.2. The number of rotatable bonds is 5. The van der Waals surface area contributed by atoms with Crippen LogP contribution in [0, 0.1) is 11.8 Å². The topological polar surface area (TPSA) is 41.5 Å². The van der Waals surface area contributed by atoms with Crippen LogP contribution in [0.1, 0.15) is 32.6 Å². The number of nitrogens with one attached hydrogen (secondary N) is 1. The van der Waals surface area contributed by atoms with Crippen LogP contribution >= 0.6 is 0 Å². The predicted molar refractivity (Wildman–Crippen MR) is 78.6 cm³/mol. The van der Waals surface area contributed by atoms with Crippen LogP contribution in [0.15, 0.2) is 24.3 Å². The van der Waals surface area contributed by atoms with E-state index in [4.69, 9.17) is 4.74 Å². The van der Waals surface area contributed by atoms with Crippen LogP contribution in [-0.2, 0) is 0 Å². The van der Waals surface area contributed by atoms with Gasteiger partial charge in [0.25, 0.3) is 0 Å². The van der Waals surface area contributed by atoms with Crippen molar-refractivity contribution in [3.8, 4) is 5.75 Å². The molecule has 0 aromatic heterocycles. The minimum Gasteiger partial charge on any atom is -0.497 e. The quantitative estimate of drug-likeness (QED) is 0.856. The Balaban J connectivity index is 2.01. The van der Waals surface area contributed by atoms with Gasteiger partial charge in [-0.3, -0.25) is 0 Å². The predicted octanol–water partition coefficient (Wildman–Crippen LogP) is 3.29. The van der Waals surface area contributed by atoms with Crippen molar-refractivity contribution < 1.29 is 9.84 Å². The molecule has 3 heteroatoms. The van der Waals surface area contributed by atoms with Crippen LogP contribution in [0.4, 0.5) is 5.69 Å². The minimum atomic E-state index is 0.148. The highest BCUT2D eigenvalue weighted by Crippen LogP contribution is 2.32. The van der Waals surface area contributed by atoms with Gasteiger partial charge in [0.2, 0.25) is 0 Å². The normalized spacial score (nSPS) is 24.8. The molecule has 0 radical (unpaired) electrons. The van der Waals surface area contributed by atoms with Gasteiger partial charge in [-0.2, -0.15) is 0 Å². The highest BCUT2D eigenvalue weighted by molar-refractivity contribution is 5.49. The highest BCUT2D eigenvalue weighted by Gasteiger charge is 2.26. The SMILES string of the molecule is COc1cccc(NC(CO)C2CCCC(C)C2)c1. The van der Waals surface area contributed by atoms with E-state index in [-0.39, 0.29) is 12.6 Å². The van der Waals surface area contributed by atoms with E-state index in [2.05, 4.69) is 12.2 Å². The molecule has 106 valence electrons. The molecule has 2 N–H and O–H groups in total. The van der Waals surface area contributed by atoms with Gasteiger partial charge in [-0.05, 0) is 36.8 Å². The standard InChI is InChI=1S/C16H25NO2/c1-12-5-3-6-13(9-12)16(11-18)17-14-7-4-8-15(10-14)19-2/h4,7-8,10,12-13,16-18H,3,5-6,9,11H2,1-2H3. The van der Waals surface area contributed by atoms with Crippen molar-refractivity contribution in [2.24, 2.45) is 11.8 Å². The smallest absolute Gasteiger partial charge is 0.120 e. The number of methoxy groups -OCH3 is 1. The molecule has 0 spiro atoms. The summed E-state index contributed by atoms with van der Waals surface area (Å²) in [5.74, 6) is 2.19. The van der Waals surface area contributed by atoms with E-state index in [9.17, 15) is 5.11 Å². The molecule has 19 heavy (non-hydrogen) atoms. The van der Waals surface area contributed by atoms with Gasteiger partial charge in [-0.1, -0.05) is 25.8 Å². The van der Waals surface area contributed by atoms with Gasteiger partial charge >= 0.3 is 0 Å². The van der Waals surface area contributed by atoms with Crippen molar-refractivity contribution in [2.45, 2.75) is 38.6 Å². The summed E-state index contributed by atoms with van der Waals surface area (Å²) in [5.41, 5.74) is 1.02. The van der Waals surface area contributed by atoms with Gasteiger partial charge in [0, 0.05) is 11.8 Å². The maximum absolute atomic E-state index is 9.66. The van der Waals surface area contributed by atoms with E-state index in [1.54, 1.807) is 7.11 Å². The second-order valence-corrected chi connectivity index (χ2v) is 5.70. The Kier molecular flexibility index (Phi) is 5.08. The lowest BCUT2D eigenvalue weighted by atomic mass is 9.78. The number of hydrogen-bond acceptors (Lipinski definition) is 3. The molecule has 1 fully saturated rings. The Labute approximate surface area is 116 Å². The highest BCUT2D eigenvalue weighted by atomic mass is 16.5. The zero-order valence-corrected chi connectivity index (χ0v) is 11.9. The molecule has 1 saturated carbocycles. The molecule has 0 aliphatic heterocycles. The van der Waals surface area contributed by atoms with E-state index < -0.39 is 0 Å². The first-order valence-electron chi connectivity index (χ1n) is 7.24. The fourth-order valence-electron chi connectivity index (χ4n) is 3.09. The van der Waals surface area contributed by atoms with E-state index in [1.165, 1.54) is 25.7 Å². The molecular formula is C16H25NO2. The average Bonchev–Trinajstić information content (AvgIpc) is 2.45. The Hall–Kier alpha value is -1.22. The lowest BCUT2D eigenvalue weighted by Crippen LogP contribution is -2.35. The third kappa shape index (κ3) is 3.87. The Morgan fingerprint density at radius 2 is 2.26 bits per heavy atom. The van der Waals surface area contributed by atoms with Gasteiger partial charge in [-0.15, -0.1) is 0 Å². The van der Waals surface area contributed by atoms with Crippen LogP contribution in [0.25, 0.3) is 0 Å². The molecule has 1 aliphatic carbocycles. The lowest BCUT2D eigenvalue weighted by Gasteiger charge is -2.33. The van der Waals surface area contributed by atoms with Crippen LogP contribution < -0.4 is 10.1 Å². The maximum atomic E-state index is 9.66. The monoisotopic (exact) mass is 263 g/mol. The van der Waals surface area contributed by atoms with E-state index in [0.29, 0.717) is 5.92 Å². The fraction of sp³-hybridized carbons (Fsp3) is 0.625. The largest absolute Gasteiger partial charge is 0.497 e. The Morgan fingerprint density at radius 1 is 1.42 bits per heavy atom. The summed E-state index contributed by atoms with van der Waals surface area (Å²) in [6, 6.07) is 8.06. The van der Waals surface area contributed by atoms with E-state index >= 15 is 0 Å². The molecule has 1 aliphatic rings. The number of aliphatic hydroxyl groups is 1. The van der Waals surface area contributed by atoms with Gasteiger partial charge in [0.05, 0.1) is 19.8 Å². The van der Waals surface area contributed by atoms with Crippen LogP contribution in [0.2, 0.25) is 0 Å². The second kappa shape index (κ2) is 6.80. The number of benzene rings is 1. The first-order chi connectivity index (χ1) is 9.22. The zero-order valence-electron chi connectivity index (χ0n) is 11.9. The maximum Gasteiger partial charge on any atom is 0.120 e. The van der Waals surface area contributed by atoms with Crippen LogP contribution in [-0.4, -0.2) is 24.9 Å². The number of hydrogen-bond donors (Lipinski definition) is 2. The molecule has 2 rings (SSSR count). The Bertz CT molecular complexity index is 394. The zero-order chi connectivity index (χ0) is 13.7. The van der Waals surface area contributed by atoms with E-state index in [1.807, 2.05) is 24.3 Å². The first-order valence-corrected chi connectivity index (χ1v) is 7.24. The minimum absolute atomic E-state index is 0.148. The second-order valence-electron chi connectivity index (χ2n) is 5.70. The molecule has 1 aromatic rings. The summed E-state index contributed by atoms with van der Waals surface area (Å²) in [6.07, 6.45) is 5.03. The third-order valence-corrected chi connectivity index (χ3v) is 4.16. The molecule has 0 amide bonds. The Morgan fingerprint density at radius 3 is 2.95 bits per heavy atom. The molecule has 0 saturated heterocycles. The molecule has 3 atom stereocenters. The summed E-state index contributed by atoms with van der Waals surface area (Å²) in [6.45, 7) is 2.50. The molecule has 3 nitrogen and oxygen atoms in total. The summed E-state index contributed by atoms with van der Waals surface area (Å²) in [7, 11) is 1.67. The van der Waals surface area contributed by atoms with Crippen molar-refractivity contribution in [2.75, 3.05) is 19.0 Å². The van der Waals surface area contributed by atoms with Crippen molar-refractivity contribution in [1.82, 2.24) is 0 Å². The molecule has 0 bridgehead atoms. The number of ether oxygens (including phenoxy) is 1. The van der Waals surface area contributed by atoms with Crippen LogP contribution in [0.3, 0.4) is 0 Å². The van der Waals surface area contributed by atoms with Gasteiger partial charge in [0.1, 0.15) is 5.75 Å². The third-order valence-electron chi connectivity index (χ3n) is 4.16. The van der Waals surface area contributed by atoms with Gasteiger partial charge in [-0.25, -0.2) is 0 Å². The molecule has 3 unspecified atom stereocenters. The molecule has 0 heterocycles. The number of anilines is 1. The van der Waals surface area contributed by atoms with E-state index in [0.717, 1.165) is 17.4 Å². The van der Waals surface area contributed by atoms with Gasteiger partial charge < -0.3 is 15.2 Å². The molecular weight excluding hydrogens is 238 g/mol. The summed E-state index contributed by atoms with van der Waals surface area (Å²) < 4.78 is 5.23.